The van der Waals surface area contributed by atoms with E-state index >= 15 is 0 Å². The summed E-state index contributed by atoms with van der Waals surface area (Å²) in [6, 6.07) is 2.64. The summed E-state index contributed by atoms with van der Waals surface area (Å²) in [6.45, 7) is 10.2. The first-order valence-electron chi connectivity index (χ1n) is 7.29. The van der Waals surface area contributed by atoms with Gasteiger partial charge in [-0.1, -0.05) is 0 Å². The van der Waals surface area contributed by atoms with Crippen molar-refractivity contribution in [2.45, 2.75) is 46.3 Å². The SMILES string of the molecule is CCn1ncnc1CN1CCC(n2nc(C)cc2C)C1. The molecule has 1 saturated heterocycles. The summed E-state index contributed by atoms with van der Waals surface area (Å²) in [5.41, 5.74) is 2.36. The van der Waals surface area contributed by atoms with Gasteiger partial charge in [-0.25, -0.2) is 9.67 Å². The van der Waals surface area contributed by atoms with E-state index in [0.29, 0.717) is 6.04 Å². The van der Waals surface area contributed by atoms with Gasteiger partial charge in [-0.3, -0.25) is 9.58 Å². The van der Waals surface area contributed by atoms with Crippen molar-refractivity contribution in [2.75, 3.05) is 13.1 Å². The fourth-order valence-corrected chi connectivity index (χ4v) is 3.05. The molecular formula is C14H22N6. The molecule has 6 heteroatoms. The Kier molecular flexibility index (Phi) is 3.56. The van der Waals surface area contributed by atoms with Crippen molar-refractivity contribution < 1.29 is 0 Å². The molecule has 20 heavy (non-hydrogen) atoms. The number of hydrogen-bond donors (Lipinski definition) is 0. The van der Waals surface area contributed by atoms with Crippen LogP contribution in [0.4, 0.5) is 0 Å². The Bertz CT molecular complexity index is 584. The molecule has 0 bridgehead atoms. The lowest BCUT2D eigenvalue weighted by Gasteiger charge is -2.16. The van der Waals surface area contributed by atoms with E-state index in [9.17, 15) is 0 Å². The summed E-state index contributed by atoms with van der Waals surface area (Å²) in [6.07, 6.45) is 2.80. The third kappa shape index (κ3) is 2.47. The first-order valence-corrected chi connectivity index (χ1v) is 7.29. The standard InChI is InChI=1S/C14H22N6/c1-4-19-14(15-10-16-19)9-18-6-5-13(8-18)20-12(3)7-11(2)17-20/h7,10,13H,4-6,8-9H2,1-3H3. The van der Waals surface area contributed by atoms with Crippen LogP contribution in [0.5, 0.6) is 0 Å². The Morgan fingerprint density at radius 1 is 1.35 bits per heavy atom. The Morgan fingerprint density at radius 2 is 2.20 bits per heavy atom. The molecule has 1 aliphatic heterocycles. The molecule has 0 aliphatic carbocycles. The van der Waals surface area contributed by atoms with Crippen LogP contribution in [0.3, 0.4) is 0 Å². The number of rotatable bonds is 4. The van der Waals surface area contributed by atoms with Gasteiger partial charge in [0.15, 0.2) is 0 Å². The summed E-state index contributed by atoms with van der Waals surface area (Å²) >= 11 is 0. The van der Waals surface area contributed by atoms with Crippen molar-refractivity contribution in [1.82, 2.24) is 29.4 Å². The number of hydrogen-bond acceptors (Lipinski definition) is 4. The molecule has 0 radical (unpaired) electrons. The fraction of sp³-hybridized carbons (Fsp3) is 0.643. The molecule has 0 spiro atoms. The van der Waals surface area contributed by atoms with Crippen LogP contribution < -0.4 is 0 Å². The Morgan fingerprint density at radius 3 is 2.90 bits per heavy atom. The van der Waals surface area contributed by atoms with Crippen LogP contribution >= 0.6 is 0 Å². The summed E-state index contributed by atoms with van der Waals surface area (Å²) in [5, 5.41) is 8.85. The highest BCUT2D eigenvalue weighted by Gasteiger charge is 2.26. The van der Waals surface area contributed by atoms with Crippen LogP contribution in [0, 0.1) is 13.8 Å². The van der Waals surface area contributed by atoms with Crippen molar-refractivity contribution in [1.29, 1.82) is 0 Å². The minimum Gasteiger partial charge on any atom is -0.294 e. The molecule has 108 valence electrons. The van der Waals surface area contributed by atoms with E-state index < -0.39 is 0 Å². The molecule has 2 aromatic rings. The van der Waals surface area contributed by atoms with Crippen LogP contribution in [-0.2, 0) is 13.1 Å². The van der Waals surface area contributed by atoms with Gasteiger partial charge in [0.2, 0.25) is 0 Å². The van der Waals surface area contributed by atoms with E-state index in [1.54, 1.807) is 6.33 Å². The van der Waals surface area contributed by atoms with E-state index in [-0.39, 0.29) is 0 Å². The van der Waals surface area contributed by atoms with Crippen molar-refractivity contribution in [2.24, 2.45) is 0 Å². The largest absolute Gasteiger partial charge is 0.294 e. The van der Waals surface area contributed by atoms with Gasteiger partial charge < -0.3 is 0 Å². The Hall–Kier alpha value is -1.69. The van der Waals surface area contributed by atoms with E-state index in [0.717, 1.165) is 44.1 Å². The highest BCUT2D eigenvalue weighted by atomic mass is 15.4. The van der Waals surface area contributed by atoms with Crippen LogP contribution in [0.1, 0.15) is 36.6 Å². The van der Waals surface area contributed by atoms with E-state index in [1.807, 2.05) is 4.68 Å². The maximum absolute atomic E-state index is 4.61. The molecule has 1 fully saturated rings. The lowest BCUT2D eigenvalue weighted by molar-refractivity contribution is 0.296. The van der Waals surface area contributed by atoms with Gasteiger partial charge >= 0.3 is 0 Å². The molecule has 2 aromatic heterocycles. The average Bonchev–Trinajstić information content (AvgIpc) is 3.10. The zero-order valence-electron chi connectivity index (χ0n) is 12.5. The lowest BCUT2D eigenvalue weighted by Crippen LogP contribution is -2.24. The molecule has 3 rings (SSSR count). The molecule has 1 unspecified atom stereocenters. The topological polar surface area (TPSA) is 51.8 Å². The highest BCUT2D eigenvalue weighted by Crippen LogP contribution is 2.24. The summed E-state index contributed by atoms with van der Waals surface area (Å²) in [4.78, 5) is 6.80. The van der Waals surface area contributed by atoms with Gasteiger partial charge in [-0.2, -0.15) is 10.2 Å². The van der Waals surface area contributed by atoms with E-state index in [4.69, 9.17) is 0 Å². The summed E-state index contributed by atoms with van der Waals surface area (Å²) in [7, 11) is 0. The second-order valence-corrected chi connectivity index (χ2v) is 5.54. The second-order valence-electron chi connectivity index (χ2n) is 5.54. The molecular weight excluding hydrogens is 252 g/mol. The molecule has 0 saturated carbocycles. The van der Waals surface area contributed by atoms with Crippen LogP contribution in [0.25, 0.3) is 0 Å². The fourth-order valence-electron chi connectivity index (χ4n) is 3.05. The third-order valence-corrected chi connectivity index (χ3v) is 4.00. The number of likely N-dealkylation sites (tertiary alicyclic amines) is 1. The molecule has 6 nitrogen and oxygen atoms in total. The molecule has 0 amide bonds. The summed E-state index contributed by atoms with van der Waals surface area (Å²) in [5.74, 6) is 1.06. The van der Waals surface area contributed by atoms with Gasteiger partial charge in [0, 0.05) is 25.3 Å². The smallest absolute Gasteiger partial charge is 0.140 e. The first-order chi connectivity index (χ1) is 9.67. The zero-order valence-corrected chi connectivity index (χ0v) is 12.5. The monoisotopic (exact) mass is 274 g/mol. The highest BCUT2D eigenvalue weighted by molar-refractivity contribution is 5.08. The van der Waals surface area contributed by atoms with Crippen LogP contribution in [-0.4, -0.2) is 42.5 Å². The number of aryl methyl sites for hydroxylation is 3. The normalized spacial score (nSPS) is 19.9. The maximum Gasteiger partial charge on any atom is 0.140 e. The Balaban J connectivity index is 1.66. The minimum atomic E-state index is 0.488. The predicted octanol–water partition coefficient (Wildman–Crippen LogP) is 1.56. The summed E-state index contributed by atoms with van der Waals surface area (Å²) < 4.78 is 4.15. The van der Waals surface area contributed by atoms with Gasteiger partial charge in [-0.05, 0) is 33.3 Å². The van der Waals surface area contributed by atoms with Crippen LogP contribution in [0.15, 0.2) is 12.4 Å². The van der Waals surface area contributed by atoms with Crippen molar-refractivity contribution >= 4 is 0 Å². The predicted molar refractivity (Wildman–Crippen MR) is 76.3 cm³/mol. The van der Waals surface area contributed by atoms with Crippen molar-refractivity contribution in [3.8, 4) is 0 Å². The molecule has 1 aliphatic rings. The maximum atomic E-state index is 4.61. The number of nitrogens with zero attached hydrogens (tertiary/aromatic N) is 6. The van der Waals surface area contributed by atoms with Crippen molar-refractivity contribution in [3.63, 3.8) is 0 Å². The van der Waals surface area contributed by atoms with Gasteiger partial charge in [0.25, 0.3) is 0 Å². The van der Waals surface area contributed by atoms with E-state index in [1.165, 1.54) is 5.69 Å². The molecule has 3 heterocycles. The van der Waals surface area contributed by atoms with E-state index in [2.05, 4.69) is 51.6 Å². The van der Waals surface area contributed by atoms with Crippen LogP contribution in [0.2, 0.25) is 0 Å². The minimum absolute atomic E-state index is 0.488. The Labute approximate surface area is 119 Å². The molecule has 0 aromatic carbocycles. The lowest BCUT2D eigenvalue weighted by atomic mass is 10.2. The van der Waals surface area contributed by atoms with Gasteiger partial charge in [0.1, 0.15) is 12.2 Å². The quantitative estimate of drug-likeness (QED) is 0.849. The average molecular weight is 274 g/mol. The number of aromatic nitrogens is 5. The van der Waals surface area contributed by atoms with Gasteiger partial charge in [0.05, 0.1) is 18.3 Å². The second kappa shape index (κ2) is 5.36. The third-order valence-electron chi connectivity index (χ3n) is 4.00. The van der Waals surface area contributed by atoms with Gasteiger partial charge in [-0.15, -0.1) is 0 Å². The molecule has 1 atom stereocenters. The first kappa shape index (κ1) is 13.3. The molecule has 0 N–H and O–H groups in total. The zero-order chi connectivity index (χ0) is 14.1. The van der Waals surface area contributed by atoms with Crippen molar-refractivity contribution in [3.05, 3.63) is 29.6 Å².